The van der Waals surface area contributed by atoms with E-state index in [-0.39, 0.29) is 9.56 Å². The van der Waals surface area contributed by atoms with Crippen LogP contribution in [-0.4, -0.2) is 14.5 Å². The predicted molar refractivity (Wildman–Crippen MR) is 83.5 cm³/mol. The Kier molecular flexibility index (Phi) is 4.05. The Balaban J connectivity index is 1.77. The van der Waals surface area contributed by atoms with E-state index >= 15 is 0 Å². The number of hydrogen-bond acceptors (Lipinski definition) is 4. The molecular formula is C14H15BrN2O3S. The van der Waals surface area contributed by atoms with Crippen molar-refractivity contribution in [2.24, 2.45) is 0 Å². The second kappa shape index (κ2) is 5.82. The van der Waals surface area contributed by atoms with Gasteiger partial charge in [0.15, 0.2) is 4.67 Å². The van der Waals surface area contributed by atoms with Crippen LogP contribution < -0.4 is 10.0 Å². The standard InChI is InChI=1S/C14H15BrN2O3S/c15-14-13(8-12(20-14)9-16-10-6-7-10)21(18,19)17-11-4-2-1-3-5-11/h1-5,8,10,16-17H,6-7,9H2. The molecule has 1 aromatic carbocycles. The Bertz CT molecular complexity index is 724. The number of furan rings is 1. The van der Waals surface area contributed by atoms with E-state index in [1.165, 1.54) is 12.8 Å². The van der Waals surface area contributed by atoms with Gasteiger partial charge in [-0.2, -0.15) is 0 Å². The molecule has 3 rings (SSSR count). The monoisotopic (exact) mass is 370 g/mol. The molecule has 0 aliphatic heterocycles. The van der Waals surface area contributed by atoms with E-state index in [2.05, 4.69) is 26.0 Å². The third-order valence-electron chi connectivity index (χ3n) is 3.16. The molecule has 0 unspecified atom stereocenters. The topological polar surface area (TPSA) is 71.3 Å². The number of benzene rings is 1. The van der Waals surface area contributed by atoms with Gasteiger partial charge >= 0.3 is 0 Å². The van der Waals surface area contributed by atoms with Crippen molar-refractivity contribution in [1.82, 2.24) is 5.32 Å². The molecule has 0 saturated heterocycles. The molecule has 2 aromatic rings. The second-order valence-electron chi connectivity index (χ2n) is 4.98. The maximum absolute atomic E-state index is 12.4. The van der Waals surface area contributed by atoms with Gasteiger partial charge in [0, 0.05) is 17.8 Å². The lowest BCUT2D eigenvalue weighted by atomic mass is 10.3. The largest absolute Gasteiger partial charge is 0.451 e. The summed E-state index contributed by atoms with van der Waals surface area (Å²) in [6, 6.07) is 10.8. The van der Waals surface area contributed by atoms with Gasteiger partial charge in [-0.05, 0) is 40.9 Å². The van der Waals surface area contributed by atoms with E-state index in [1.54, 1.807) is 30.3 Å². The highest BCUT2D eigenvalue weighted by Crippen LogP contribution is 2.28. The minimum Gasteiger partial charge on any atom is -0.451 e. The molecule has 1 heterocycles. The third-order valence-corrected chi connectivity index (χ3v) is 5.40. The van der Waals surface area contributed by atoms with E-state index in [1.807, 2.05) is 6.07 Å². The van der Waals surface area contributed by atoms with Crippen LogP contribution in [0.15, 0.2) is 50.4 Å². The molecule has 7 heteroatoms. The minimum absolute atomic E-state index is 0.110. The lowest BCUT2D eigenvalue weighted by Gasteiger charge is -2.05. The molecule has 5 nitrogen and oxygen atoms in total. The van der Waals surface area contributed by atoms with Gasteiger partial charge in [-0.25, -0.2) is 8.42 Å². The fourth-order valence-electron chi connectivity index (χ4n) is 1.92. The van der Waals surface area contributed by atoms with Crippen molar-refractivity contribution in [3.05, 3.63) is 46.8 Å². The summed E-state index contributed by atoms with van der Waals surface area (Å²) in [6.07, 6.45) is 2.34. The molecule has 0 amide bonds. The quantitative estimate of drug-likeness (QED) is 0.819. The number of anilines is 1. The first-order valence-electron chi connectivity index (χ1n) is 6.64. The first kappa shape index (κ1) is 14.6. The molecule has 1 fully saturated rings. The van der Waals surface area contributed by atoms with Crippen LogP contribution in [0.5, 0.6) is 0 Å². The number of rotatable bonds is 6. The fraction of sp³-hybridized carbons (Fsp3) is 0.286. The van der Waals surface area contributed by atoms with Crippen molar-refractivity contribution in [3.63, 3.8) is 0 Å². The third kappa shape index (κ3) is 3.66. The van der Waals surface area contributed by atoms with Crippen molar-refractivity contribution in [1.29, 1.82) is 0 Å². The maximum atomic E-state index is 12.4. The second-order valence-corrected chi connectivity index (χ2v) is 7.35. The summed E-state index contributed by atoms with van der Waals surface area (Å²) < 4.78 is 32.9. The molecule has 0 atom stereocenters. The number of sulfonamides is 1. The Labute approximate surface area is 131 Å². The number of nitrogens with one attached hydrogen (secondary N) is 2. The normalized spacial score (nSPS) is 15.1. The Morgan fingerprint density at radius 2 is 1.95 bits per heavy atom. The predicted octanol–water partition coefficient (Wildman–Crippen LogP) is 3.09. The Hall–Kier alpha value is -1.31. The Morgan fingerprint density at radius 1 is 1.24 bits per heavy atom. The van der Waals surface area contributed by atoms with Gasteiger partial charge in [-0.3, -0.25) is 4.72 Å². The van der Waals surface area contributed by atoms with Crippen LogP contribution in [0.3, 0.4) is 0 Å². The van der Waals surface area contributed by atoms with Gasteiger partial charge < -0.3 is 9.73 Å². The van der Waals surface area contributed by atoms with Gasteiger partial charge in [0.05, 0.1) is 6.54 Å². The molecule has 0 radical (unpaired) electrons. The zero-order valence-corrected chi connectivity index (χ0v) is 13.6. The lowest BCUT2D eigenvalue weighted by molar-refractivity contribution is 0.460. The minimum atomic E-state index is -3.66. The first-order chi connectivity index (χ1) is 10.0. The summed E-state index contributed by atoms with van der Waals surface area (Å²) in [4.78, 5) is 0.110. The average Bonchev–Trinajstić information content (AvgIpc) is 3.19. The summed E-state index contributed by atoms with van der Waals surface area (Å²) in [5, 5.41) is 3.28. The van der Waals surface area contributed by atoms with E-state index in [0.717, 1.165) is 0 Å². The molecule has 0 spiro atoms. The lowest BCUT2D eigenvalue weighted by Crippen LogP contribution is -2.15. The van der Waals surface area contributed by atoms with E-state index in [9.17, 15) is 8.42 Å². The van der Waals surface area contributed by atoms with Gasteiger partial charge in [-0.15, -0.1) is 0 Å². The number of para-hydroxylation sites is 1. The van der Waals surface area contributed by atoms with E-state index in [0.29, 0.717) is 24.0 Å². The van der Waals surface area contributed by atoms with Gasteiger partial charge in [0.1, 0.15) is 10.7 Å². The van der Waals surface area contributed by atoms with Crippen LogP contribution in [0.4, 0.5) is 5.69 Å². The van der Waals surface area contributed by atoms with Crippen molar-refractivity contribution in [3.8, 4) is 0 Å². The molecular weight excluding hydrogens is 356 g/mol. The highest BCUT2D eigenvalue weighted by Gasteiger charge is 2.24. The van der Waals surface area contributed by atoms with Crippen molar-refractivity contribution in [2.75, 3.05) is 4.72 Å². The van der Waals surface area contributed by atoms with Crippen LogP contribution in [0.1, 0.15) is 18.6 Å². The van der Waals surface area contributed by atoms with Crippen LogP contribution in [0.25, 0.3) is 0 Å². The van der Waals surface area contributed by atoms with Crippen molar-refractivity contribution in [2.45, 2.75) is 30.3 Å². The first-order valence-corrected chi connectivity index (χ1v) is 8.92. The Morgan fingerprint density at radius 3 is 2.62 bits per heavy atom. The van der Waals surface area contributed by atoms with Crippen LogP contribution in [-0.2, 0) is 16.6 Å². The summed E-state index contributed by atoms with van der Waals surface area (Å²) in [6.45, 7) is 0.532. The highest BCUT2D eigenvalue weighted by atomic mass is 79.9. The number of halogens is 1. The zero-order chi connectivity index (χ0) is 14.9. The zero-order valence-electron chi connectivity index (χ0n) is 11.2. The smallest absolute Gasteiger partial charge is 0.266 e. The van der Waals surface area contributed by atoms with Gasteiger partial charge in [0.2, 0.25) is 0 Å². The summed E-state index contributed by atoms with van der Waals surface area (Å²) in [7, 11) is -3.66. The summed E-state index contributed by atoms with van der Waals surface area (Å²) >= 11 is 3.18. The van der Waals surface area contributed by atoms with Crippen LogP contribution in [0, 0.1) is 0 Å². The molecule has 1 saturated carbocycles. The maximum Gasteiger partial charge on any atom is 0.266 e. The molecule has 1 aliphatic rings. The molecule has 1 aliphatic carbocycles. The summed E-state index contributed by atoms with van der Waals surface area (Å²) in [5.74, 6) is 0.599. The summed E-state index contributed by atoms with van der Waals surface area (Å²) in [5.41, 5.74) is 0.517. The number of hydrogen-bond donors (Lipinski definition) is 2. The fourth-order valence-corrected chi connectivity index (χ4v) is 3.97. The van der Waals surface area contributed by atoms with Gasteiger partial charge in [0.25, 0.3) is 10.0 Å². The van der Waals surface area contributed by atoms with E-state index < -0.39 is 10.0 Å². The van der Waals surface area contributed by atoms with Crippen LogP contribution in [0.2, 0.25) is 0 Å². The average molecular weight is 371 g/mol. The van der Waals surface area contributed by atoms with E-state index in [4.69, 9.17) is 4.42 Å². The molecule has 112 valence electrons. The molecule has 1 aromatic heterocycles. The SMILES string of the molecule is O=S(=O)(Nc1ccccc1)c1cc(CNC2CC2)oc1Br. The van der Waals surface area contributed by atoms with Crippen molar-refractivity contribution < 1.29 is 12.8 Å². The highest BCUT2D eigenvalue weighted by molar-refractivity contribution is 9.10. The molecule has 2 N–H and O–H groups in total. The molecule has 21 heavy (non-hydrogen) atoms. The van der Waals surface area contributed by atoms with Crippen molar-refractivity contribution >= 4 is 31.6 Å². The van der Waals surface area contributed by atoms with Gasteiger partial charge in [-0.1, -0.05) is 18.2 Å². The molecule has 0 bridgehead atoms. The van der Waals surface area contributed by atoms with Crippen LogP contribution >= 0.6 is 15.9 Å².